The minimum atomic E-state index is 0.144. The Morgan fingerprint density at radius 1 is 1.30 bits per heavy atom. The summed E-state index contributed by atoms with van der Waals surface area (Å²) >= 11 is 0. The van der Waals surface area contributed by atoms with Gasteiger partial charge in [0, 0.05) is 25.2 Å². The van der Waals surface area contributed by atoms with Crippen molar-refractivity contribution in [3.63, 3.8) is 0 Å². The van der Waals surface area contributed by atoms with E-state index in [1.54, 1.807) is 0 Å². The number of morpholine rings is 1. The molecule has 0 radical (unpaired) electrons. The third-order valence-corrected chi connectivity index (χ3v) is 4.41. The van der Waals surface area contributed by atoms with Gasteiger partial charge in [-0.15, -0.1) is 0 Å². The van der Waals surface area contributed by atoms with Crippen LogP contribution in [0.15, 0.2) is 30.3 Å². The zero-order valence-electron chi connectivity index (χ0n) is 12.0. The maximum atomic E-state index is 12.5. The summed E-state index contributed by atoms with van der Waals surface area (Å²) in [5.74, 6) is 0.144. The lowest BCUT2D eigenvalue weighted by Crippen LogP contribution is -2.60. The minimum absolute atomic E-state index is 0.144. The number of carbonyl (C=O) groups is 1. The second-order valence-electron chi connectivity index (χ2n) is 5.51. The SMILES string of the molecule is CCN1CCO[C@H]2CCN(C(=O)c3ccccc3)C[C@@H]21. The summed E-state index contributed by atoms with van der Waals surface area (Å²) in [6, 6.07) is 9.92. The van der Waals surface area contributed by atoms with Crippen LogP contribution in [0, 0.1) is 0 Å². The van der Waals surface area contributed by atoms with E-state index in [-0.39, 0.29) is 5.91 Å². The Labute approximate surface area is 120 Å². The fourth-order valence-electron chi connectivity index (χ4n) is 3.28. The number of likely N-dealkylation sites (tertiary alicyclic amines) is 1. The van der Waals surface area contributed by atoms with Gasteiger partial charge < -0.3 is 9.64 Å². The molecule has 0 aliphatic carbocycles. The molecule has 108 valence electrons. The van der Waals surface area contributed by atoms with E-state index in [0.717, 1.165) is 44.8 Å². The molecule has 0 bridgehead atoms. The first kappa shape index (κ1) is 13.6. The van der Waals surface area contributed by atoms with Gasteiger partial charge in [-0.1, -0.05) is 25.1 Å². The molecule has 4 heteroatoms. The van der Waals surface area contributed by atoms with Crippen LogP contribution in [0.5, 0.6) is 0 Å². The van der Waals surface area contributed by atoms with Crippen LogP contribution in [0.1, 0.15) is 23.7 Å². The minimum Gasteiger partial charge on any atom is -0.375 e. The Balaban J connectivity index is 1.72. The molecule has 1 amide bonds. The van der Waals surface area contributed by atoms with Crippen molar-refractivity contribution in [3.8, 4) is 0 Å². The number of hydrogen-bond donors (Lipinski definition) is 0. The van der Waals surface area contributed by atoms with E-state index >= 15 is 0 Å². The molecule has 0 aromatic heterocycles. The molecule has 4 nitrogen and oxygen atoms in total. The Kier molecular flexibility index (Phi) is 4.03. The van der Waals surface area contributed by atoms with Crippen molar-refractivity contribution in [3.05, 3.63) is 35.9 Å². The standard InChI is InChI=1S/C16H22N2O2/c1-2-17-10-11-20-15-8-9-18(12-14(15)17)16(19)13-6-4-3-5-7-13/h3-7,14-15H,2,8-12H2,1H3/t14-,15-/m0/s1. The van der Waals surface area contributed by atoms with Gasteiger partial charge in [-0.3, -0.25) is 9.69 Å². The molecule has 2 aliphatic rings. The van der Waals surface area contributed by atoms with Crippen LogP contribution < -0.4 is 0 Å². The van der Waals surface area contributed by atoms with Crippen LogP contribution in [-0.4, -0.2) is 60.6 Å². The molecule has 2 heterocycles. The van der Waals surface area contributed by atoms with Crippen molar-refractivity contribution in [2.75, 3.05) is 32.8 Å². The maximum Gasteiger partial charge on any atom is 0.253 e. The summed E-state index contributed by atoms with van der Waals surface area (Å²) in [5, 5.41) is 0. The molecule has 2 fully saturated rings. The van der Waals surface area contributed by atoms with Crippen LogP contribution >= 0.6 is 0 Å². The number of rotatable bonds is 2. The van der Waals surface area contributed by atoms with Gasteiger partial charge in [0.15, 0.2) is 0 Å². The van der Waals surface area contributed by atoms with Crippen LogP contribution in [0.4, 0.5) is 0 Å². The van der Waals surface area contributed by atoms with Gasteiger partial charge >= 0.3 is 0 Å². The third kappa shape index (κ3) is 2.58. The number of carbonyl (C=O) groups excluding carboxylic acids is 1. The summed E-state index contributed by atoms with van der Waals surface area (Å²) in [5.41, 5.74) is 0.783. The van der Waals surface area contributed by atoms with Gasteiger partial charge in [-0.2, -0.15) is 0 Å². The molecular weight excluding hydrogens is 252 g/mol. The quantitative estimate of drug-likeness (QED) is 0.821. The number of benzene rings is 1. The highest BCUT2D eigenvalue weighted by Crippen LogP contribution is 2.23. The number of piperidine rings is 1. The molecule has 2 atom stereocenters. The molecule has 1 aromatic carbocycles. The highest BCUT2D eigenvalue weighted by molar-refractivity contribution is 5.94. The average molecular weight is 274 g/mol. The topological polar surface area (TPSA) is 32.8 Å². The van der Waals surface area contributed by atoms with Crippen molar-refractivity contribution in [1.82, 2.24) is 9.80 Å². The third-order valence-electron chi connectivity index (χ3n) is 4.41. The second-order valence-corrected chi connectivity index (χ2v) is 5.51. The zero-order chi connectivity index (χ0) is 13.9. The number of nitrogens with zero attached hydrogens (tertiary/aromatic N) is 2. The van der Waals surface area contributed by atoms with Gasteiger partial charge in [-0.25, -0.2) is 0 Å². The summed E-state index contributed by atoms with van der Waals surface area (Å²) in [7, 11) is 0. The predicted octanol–water partition coefficient (Wildman–Crippen LogP) is 1.62. The Morgan fingerprint density at radius 3 is 2.85 bits per heavy atom. The molecule has 0 unspecified atom stereocenters. The Morgan fingerprint density at radius 2 is 2.10 bits per heavy atom. The highest BCUT2D eigenvalue weighted by Gasteiger charge is 2.37. The Hall–Kier alpha value is -1.39. The predicted molar refractivity (Wildman–Crippen MR) is 77.7 cm³/mol. The van der Waals surface area contributed by atoms with E-state index in [9.17, 15) is 4.79 Å². The van der Waals surface area contributed by atoms with Gasteiger partial charge in [-0.05, 0) is 25.1 Å². The monoisotopic (exact) mass is 274 g/mol. The second kappa shape index (κ2) is 5.94. The lowest BCUT2D eigenvalue weighted by atomic mass is 9.98. The fourth-order valence-corrected chi connectivity index (χ4v) is 3.28. The zero-order valence-corrected chi connectivity index (χ0v) is 12.0. The van der Waals surface area contributed by atoms with Crippen LogP contribution in [0.25, 0.3) is 0 Å². The summed E-state index contributed by atoms with van der Waals surface area (Å²) in [4.78, 5) is 17.0. The molecule has 1 aromatic rings. The number of hydrogen-bond acceptors (Lipinski definition) is 3. The first-order valence-corrected chi connectivity index (χ1v) is 7.49. The molecule has 3 rings (SSSR count). The summed E-state index contributed by atoms with van der Waals surface area (Å²) in [6.07, 6.45) is 1.24. The summed E-state index contributed by atoms with van der Waals surface area (Å²) < 4.78 is 5.87. The van der Waals surface area contributed by atoms with E-state index in [2.05, 4.69) is 11.8 Å². The van der Waals surface area contributed by atoms with E-state index in [4.69, 9.17) is 4.74 Å². The molecule has 2 aliphatic heterocycles. The lowest BCUT2D eigenvalue weighted by Gasteiger charge is -2.46. The van der Waals surface area contributed by atoms with Crippen molar-refractivity contribution in [1.29, 1.82) is 0 Å². The number of likely N-dealkylation sites (N-methyl/N-ethyl adjacent to an activating group) is 1. The molecule has 0 N–H and O–H groups in total. The smallest absolute Gasteiger partial charge is 0.253 e. The van der Waals surface area contributed by atoms with E-state index in [1.165, 1.54) is 0 Å². The molecule has 0 saturated carbocycles. The molecule has 2 saturated heterocycles. The van der Waals surface area contributed by atoms with E-state index < -0.39 is 0 Å². The van der Waals surface area contributed by atoms with E-state index in [1.807, 2.05) is 35.2 Å². The van der Waals surface area contributed by atoms with Crippen molar-refractivity contribution in [2.45, 2.75) is 25.5 Å². The number of fused-ring (bicyclic) bond motifs is 1. The van der Waals surface area contributed by atoms with Crippen molar-refractivity contribution >= 4 is 5.91 Å². The summed E-state index contributed by atoms with van der Waals surface area (Å²) in [6.45, 7) is 6.59. The molecule has 0 spiro atoms. The largest absolute Gasteiger partial charge is 0.375 e. The van der Waals surface area contributed by atoms with Crippen LogP contribution in [-0.2, 0) is 4.74 Å². The van der Waals surface area contributed by atoms with Gasteiger partial charge in [0.05, 0.1) is 18.8 Å². The number of ether oxygens (including phenoxy) is 1. The first-order chi connectivity index (χ1) is 9.79. The lowest BCUT2D eigenvalue weighted by molar-refractivity contribution is -0.0961. The average Bonchev–Trinajstić information content (AvgIpc) is 2.54. The van der Waals surface area contributed by atoms with Gasteiger partial charge in [0.1, 0.15) is 0 Å². The van der Waals surface area contributed by atoms with Gasteiger partial charge in [0.2, 0.25) is 0 Å². The van der Waals surface area contributed by atoms with Crippen molar-refractivity contribution < 1.29 is 9.53 Å². The van der Waals surface area contributed by atoms with Crippen molar-refractivity contribution in [2.24, 2.45) is 0 Å². The molecular formula is C16H22N2O2. The first-order valence-electron chi connectivity index (χ1n) is 7.49. The molecule has 20 heavy (non-hydrogen) atoms. The fraction of sp³-hybridized carbons (Fsp3) is 0.562. The maximum absolute atomic E-state index is 12.5. The van der Waals surface area contributed by atoms with Crippen LogP contribution in [0.3, 0.4) is 0 Å². The van der Waals surface area contributed by atoms with E-state index in [0.29, 0.717) is 12.1 Å². The normalized spacial score (nSPS) is 27.1. The highest BCUT2D eigenvalue weighted by atomic mass is 16.5. The van der Waals surface area contributed by atoms with Gasteiger partial charge in [0.25, 0.3) is 5.91 Å². The Bertz CT molecular complexity index is 457. The number of amides is 1. The van der Waals surface area contributed by atoms with Crippen LogP contribution in [0.2, 0.25) is 0 Å².